The first kappa shape index (κ1) is 17.2. The molecule has 0 spiro atoms. The molecule has 3 N–H and O–H groups in total. The lowest BCUT2D eigenvalue weighted by molar-refractivity contribution is -0.149. The maximum Gasteiger partial charge on any atom is 0.311 e. The summed E-state index contributed by atoms with van der Waals surface area (Å²) in [6.45, 7) is 3.45. The number of carboxylic acid groups (broad SMARTS) is 1. The van der Waals surface area contributed by atoms with Crippen molar-refractivity contribution in [1.82, 2.24) is 10.6 Å². The minimum absolute atomic E-state index is 0.0586. The quantitative estimate of drug-likeness (QED) is 0.677. The van der Waals surface area contributed by atoms with Crippen LogP contribution in [0.4, 0.5) is 0 Å². The van der Waals surface area contributed by atoms with E-state index in [4.69, 9.17) is 0 Å². The second kappa shape index (κ2) is 7.78. The van der Waals surface area contributed by atoms with Crippen molar-refractivity contribution in [2.75, 3.05) is 13.1 Å². The molecule has 0 radical (unpaired) electrons. The summed E-state index contributed by atoms with van der Waals surface area (Å²) in [4.78, 5) is 35.2. The van der Waals surface area contributed by atoms with Gasteiger partial charge in [-0.05, 0) is 24.3 Å². The molecule has 0 aliphatic carbocycles. The van der Waals surface area contributed by atoms with Gasteiger partial charge in [-0.2, -0.15) is 0 Å². The zero-order valence-corrected chi connectivity index (χ0v) is 13.0. The van der Waals surface area contributed by atoms with Crippen molar-refractivity contribution >= 4 is 29.1 Å². The molecule has 0 aromatic carbocycles. The van der Waals surface area contributed by atoms with E-state index in [-0.39, 0.29) is 19.0 Å². The van der Waals surface area contributed by atoms with Gasteiger partial charge in [0, 0.05) is 6.54 Å². The zero-order valence-electron chi connectivity index (χ0n) is 12.1. The molecule has 116 valence electrons. The monoisotopic (exact) mass is 312 g/mol. The zero-order chi connectivity index (χ0) is 15.9. The lowest BCUT2D eigenvalue weighted by Gasteiger charge is -2.26. The molecule has 0 saturated carbocycles. The Morgan fingerprint density at radius 3 is 2.38 bits per heavy atom. The van der Waals surface area contributed by atoms with E-state index in [1.54, 1.807) is 31.4 Å². The van der Waals surface area contributed by atoms with Crippen LogP contribution in [0.15, 0.2) is 17.5 Å². The number of carbonyl (C=O) groups is 3. The van der Waals surface area contributed by atoms with Crippen LogP contribution < -0.4 is 10.6 Å². The number of nitrogens with one attached hydrogen (secondary N) is 2. The van der Waals surface area contributed by atoms with Crippen molar-refractivity contribution in [2.45, 2.75) is 26.7 Å². The highest BCUT2D eigenvalue weighted by atomic mass is 32.1. The van der Waals surface area contributed by atoms with Crippen LogP contribution in [0.25, 0.3) is 0 Å². The summed E-state index contributed by atoms with van der Waals surface area (Å²) in [5.41, 5.74) is -0.951. The van der Waals surface area contributed by atoms with Crippen LogP contribution in [0.2, 0.25) is 0 Å². The molecule has 1 rings (SSSR count). The highest BCUT2D eigenvalue weighted by molar-refractivity contribution is 7.12. The predicted octanol–water partition coefficient (Wildman–Crippen LogP) is 1.49. The molecule has 6 nitrogen and oxygen atoms in total. The second-order valence-corrected chi connectivity index (χ2v) is 5.68. The molecule has 21 heavy (non-hydrogen) atoms. The molecular formula is C14H20N2O4S. The predicted molar refractivity (Wildman–Crippen MR) is 80.3 cm³/mol. The molecular weight excluding hydrogens is 292 g/mol. The standard InChI is InChI=1S/C14H20N2O4S/c1-3-14(4-2,13(19)20)9-16-11(17)8-15-12(18)10-6-5-7-21-10/h5-7H,3-4,8-9H2,1-2H3,(H,15,18)(H,16,17)(H,19,20). The number of aliphatic carboxylic acids is 1. The van der Waals surface area contributed by atoms with Crippen molar-refractivity contribution in [3.8, 4) is 0 Å². The van der Waals surface area contributed by atoms with Crippen LogP contribution in [0.3, 0.4) is 0 Å². The van der Waals surface area contributed by atoms with Gasteiger partial charge in [0.25, 0.3) is 5.91 Å². The van der Waals surface area contributed by atoms with Gasteiger partial charge in [-0.1, -0.05) is 19.9 Å². The minimum Gasteiger partial charge on any atom is -0.481 e. The van der Waals surface area contributed by atoms with Crippen LogP contribution in [0, 0.1) is 5.41 Å². The number of hydrogen-bond donors (Lipinski definition) is 3. The van der Waals surface area contributed by atoms with Crippen molar-refractivity contribution in [2.24, 2.45) is 5.41 Å². The first-order valence-corrected chi connectivity index (χ1v) is 7.65. The van der Waals surface area contributed by atoms with Crippen LogP contribution in [-0.4, -0.2) is 36.0 Å². The number of thiophene rings is 1. The molecule has 0 atom stereocenters. The topological polar surface area (TPSA) is 95.5 Å². The fraction of sp³-hybridized carbons (Fsp3) is 0.500. The fourth-order valence-electron chi connectivity index (χ4n) is 1.86. The van der Waals surface area contributed by atoms with Crippen molar-refractivity contribution in [1.29, 1.82) is 0 Å². The Hall–Kier alpha value is -1.89. The molecule has 1 heterocycles. The molecule has 0 fully saturated rings. The van der Waals surface area contributed by atoms with Crippen molar-refractivity contribution in [3.63, 3.8) is 0 Å². The number of amides is 2. The van der Waals surface area contributed by atoms with Gasteiger partial charge in [-0.15, -0.1) is 11.3 Å². The Kier molecular flexibility index (Phi) is 6.36. The van der Waals surface area contributed by atoms with E-state index >= 15 is 0 Å². The summed E-state index contributed by atoms with van der Waals surface area (Å²) in [5, 5.41) is 16.1. The summed E-state index contributed by atoms with van der Waals surface area (Å²) in [5.74, 6) is -1.63. The molecule has 2 amide bonds. The maximum absolute atomic E-state index is 11.7. The normalized spacial score (nSPS) is 11.0. The SMILES string of the molecule is CCC(CC)(CNC(=O)CNC(=O)c1cccs1)C(=O)O. The van der Waals surface area contributed by atoms with E-state index in [0.29, 0.717) is 17.7 Å². The van der Waals surface area contributed by atoms with Crippen LogP contribution >= 0.6 is 11.3 Å². The number of carbonyl (C=O) groups excluding carboxylic acids is 2. The molecule has 7 heteroatoms. The fourth-order valence-corrected chi connectivity index (χ4v) is 2.50. The van der Waals surface area contributed by atoms with Crippen molar-refractivity contribution < 1.29 is 19.5 Å². The van der Waals surface area contributed by atoms with Gasteiger partial charge in [-0.3, -0.25) is 14.4 Å². The second-order valence-electron chi connectivity index (χ2n) is 4.73. The Balaban J connectivity index is 2.43. The molecule has 0 aliphatic heterocycles. The van der Waals surface area contributed by atoms with E-state index in [0.717, 1.165) is 0 Å². The van der Waals surface area contributed by atoms with E-state index in [2.05, 4.69) is 10.6 Å². The van der Waals surface area contributed by atoms with Gasteiger partial charge >= 0.3 is 5.97 Å². The summed E-state index contributed by atoms with van der Waals surface area (Å²) < 4.78 is 0. The molecule has 1 aromatic rings. The van der Waals surface area contributed by atoms with Crippen molar-refractivity contribution in [3.05, 3.63) is 22.4 Å². The first-order valence-electron chi connectivity index (χ1n) is 6.77. The van der Waals surface area contributed by atoms with Gasteiger partial charge < -0.3 is 15.7 Å². The van der Waals surface area contributed by atoms with E-state index in [1.807, 2.05) is 0 Å². The lowest BCUT2D eigenvalue weighted by Crippen LogP contribution is -2.45. The van der Waals surface area contributed by atoms with Gasteiger partial charge in [0.1, 0.15) is 0 Å². The molecule has 0 bridgehead atoms. The van der Waals surface area contributed by atoms with Gasteiger partial charge in [0.2, 0.25) is 5.91 Å². The summed E-state index contributed by atoms with van der Waals surface area (Å²) in [7, 11) is 0. The highest BCUT2D eigenvalue weighted by Gasteiger charge is 2.35. The third-order valence-electron chi connectivity index (χ3n) is 3.59. The van der Waals surface area contributed by atoms with Crippen LogP contribution in [0.1, 0.15) is 36.4 Å². The summed E-state index contributed by atoms with van der Waals surface area (Å²) in [6.07, 6.45) is 0.862. The lowest BCUT2D eigenvalue weighted by atomic mass is 9.82. The van der Waals surface area contributed by atoms with E-state index < -0.39 is 17.3 Å². The average Bonchev–Trinajstić information content (AvgIpc) is 3.00. The largest absolute Gasteiger partial charge is 0.481 e. The Bertz CT molecular complexity index is 495. The Morgan fingerprint density at radius 1 is 1.24 bits per heavy atom. The smallest absolute Gasteiger partial charge is 0.311 e. The highest BCUT2D eigenvalue weighted by Crippen LogP contribution is 2.25. The van der Waals surface area contributed by atoms with Crippen LogP contribution in [-0.2, 0) is 9.59 Å². The average molecular weight is 312 g/mol. The first-order chi connectivity index (χ1) is 9.95. The third kappa shape index (κ3) is 4.56. The maximum atomic E-state index is 11.7. The van der Waals surface area contributed by atoms with E-state index in [1.165, 1.54) is 11.3 Å². The minimum atomic E-state index is -0.951. The Labute approximate surface area is 127 Å². The van der Waals surface area contributed by atoms with Gasteiger partial charge in [0.15, 0.2) is 0 Å². The molecule has 0 aliphatic rings. The number of hydrogen-bond acceptors (Lipinski definition) is 4. The molecule has 0 saturated heterocycles. The summed E-state index contributed by atoms with van der Waals surface area (Å²) in [6, 6.07) is 3.42. The molecule has 0 unspecified atom stereocenters. The third-order valence-corrected chi connectivity index (χ3v) is 4.45. The Morgan fingerprint density at radius 2 is 1.90 bits per heavy atom. The van der Waals surface area contributed by atoms with E-state index in [9.17, 15) is 19.5 Å². The van der Waals surface area contributed by atoms with Gasteiger partial charge in [0.05, 0.1) is 16.8 Å². The van der Waals surface area contributed by atoms with Gasteiger partial charge in [-0.25, -0.2) is 0 Å². The number of carboxylic acids is 1. The summed E-state index contributed by atoms with van der Waals surface area (Å²) >= 11 is 1.29. The molecule has 1 aromatic heterocycles. The number of rotatable bonds is 8. The van der Waals surface area contributed by atoms with Crippen LogP contribution in [0.5, 0.6) is 0 Å².